The number of halogens is 2. The molecule has 1 aromatic carbocycles. The molecule has 0 amide bonds. The lowest BCUT2D eigenvalue weighted by Gasteiger charge is -2.08. The Hall–Kier alpha value is -2.67. The Kier molecular flexibility index (Phi) is 6.69. The predicted octanol–water partition coefficient (Wildman–Crippen LogP) is 4.13. The number of nitrogens with one attached hydrogen (secondary N) is 1. The van der Waals surface area contributed by atoms with Gasteiger partial charge in [0.25, 0.3) is 0 Å². The normalized spacial score (nSPS) is 13.0. The smallest absolute Gasteiger partial charge is 0.165 e. The summed E-state index contributed by atoms with van der Waals surface area (Å²) in [5.74, 6) is 0.855. The third-order valence-electron chi connectivity index (χ3n) is 4.85. The Bertz CT molecular complexity index is 1050. The van der Waals surface area contributed by atoms with Crippen LogP contribution >= 0.6 is 24.8 Å². The highest BCUT2D eigenvalue weighted by atomic mass is 35.5. The van der Waals surface area contributed by atoms with Crippen molar-refractivity contribution in [3.63, 3.8) is 0 Å². The molecule has 0 bridgehead atoms. The Morgan fingerprint density at radius 3 is 2.69 bits per heavy atom. The molecule has 0 spiro atoms. The standard InChI is InChI=1S/C21H20N6.2ClH/c1-2-9-23-19(7-1)16-5-3-6-17(13-16)26-12-10-24-21(26)20-14-18-15-22-8-4-11-27(18)25-20;;/h1-3,5-7,9-10,12-14,22H,4,8,11,15H2;2*1H. The Labute approximate surface area is 181 Å². The molecule has 0 saturated carbocycles. The summed E-state index contributed by atoms with van der Waals surface area (Å²) in [6.45, 7) is 2.83. The number of aromatic nitrogens is 5. The van der Waals surface area contributed by atoms with Crippen LogP contribution in [0.4, 0.5) is 0 Å². The minimum atomic E-state index is 0. The first kappa shape index (κ1) is 21.0. The van der Waals surface area contributed by atoms with E-state index in [0.29, 0.717) is 0 Å². The van der Waals surface area contributed by atoms with E-state index in [1.807, 2.05) is 36.8 Å². The van der Waals surface area contributed by atoms with Crippen LogP contribution in [0.25, 0.3) is 28.5 Å². The van der Waals surface area contributed by atoms with E-state index in [-0.39, 0.29) is 24.8 Å². The molecule has 1 aliphatic heterocycles. The fourth-order valence-electron chi connectivity index (χ4n) is 3.52. The van der Waals surface area contributed by atoms with Gasteiger partial charge in [-0.2, -0.15) is 5.10 Å². The molecule has 150 valence electrons. The first-order chi connectivity index (χ1) is 13.4. The molecular formula is C21H22Cl2N6. The minimum absolute atomic E-state index is 0. The van der Waals surface area contributed by atoms with E-state index < -0.39 is 0 Å². The second-order valence-electron chi connectivity index (χ2n) is 6.66. The highest BCUT2D eigenvalue weighted by molar-refractivity contribution is 5.85. The lowest BCUT2D eigenvalue weighted by Crippen LogP contribution is -2.11. The third-order valence-corrected chi connectivity index (χ3v) is 4.85. The van der Waals surface area contributed by atoms with Crippen LogP contribution in [0.3, 0.4) is 0 Å². The molecule has 5 rings (SSSR count). The van der Waals surface area contributed by atoms with E-state index >= 15 is 0 Å². The molecule has 6 nitrogen and oxygen atoms in total. The van der Waals surface area contributed by atoms with Gasteiger partial charge < -0.3 is 5.32 Å². The van der Waals surface area contributed by atoms with Gasteiger partial charge in [0, 0.05) is 42.9 Å². The number of aryl methyl sites for hydroxylation is 1. The summed E-state index contributed by atoms with van der Waals surface area (Å²) in [7, 11) is 0. The topological polar surface area (TPSA) is 60.6 Å². The lowest BCUT2D eigenvalue weighted by molar-refractivity contribution is 0.588. The van der Waals surface area contributed by atoms with E-state index in [9.17, 15) is 0 Å². The molecule has 0 saturated heterocycles. The molecule has 0 aliphatic carbocycles. The highest BCUT2D eigenvalue weighted by Crippen LogP contribution is 2.25. The maximum atomic E-state index is 4.80. The summed E-state index contributed by atoms with van der Waals surface area (Å²) in [6.07, 6.45) is 6.72. The summed E-state index contributed by atoms with van der Waals surface area (Å²) in [5.41, 5.74) is 5.20. The van der Waals surface area contributed by atoms with E-state index in [4.69, 9.17) is 5.10 Å². The van der Waals surface area contributed by atoms with Gasteiger partial charge in [0.05, 0.1) is 11.4 Å². The number of fused-ring (bicyclic) bond motifs is 1. The monoisotopic (exact) mass is 428 g/mol. The second-order valence-corrected chi connectivity index (χ2v) is 6.66. The number of imidazole rings is 1. The van der Waals surface area contributed by atoms with Crippen molar-refractivity contribution in [3.8, 4) is 28.5 Å². The number of pyridine rings is 1. The Morgan fingerprint density at radius 1 is 0.897 bits per heavy atom. The number of benzene rings is 1. The molecule has 29 heavy (non-hydrogen) atoms. The predicted molar refractivity (Wildman–Crippen MR) is 119 cm³/mol. The second kappa shape index (κ2) is 9.22. The van der Waals surface area contributed by atoms with Gasteiger partial charge in [-0.15, -0.1) is 24.8 Å². The molecule has 3 aromatic heterocycles. The van der Waals surface area contributed by atoms with Crippen molar-refractivity contribution in [1.29, 1.82) is 0 Å². The summed E-state index contributed by atoms with van der Waals surface area (Å²) >= 11 is 0. The maximum absolute atomic E-state index is 4.80. The van der Waals surface area contributed by atoms with Gasteiger partial charge in [-0.25, -0.2) is 4.98 Å². The summed E-state index contributed by atoms with van der Waals surface area (Å²) < 4.78 is 4.18. The van der Waals surface area contributed by atoms with Crippen LogP contribution in [0.5, 0.6) is 0 Å². The van der Waals surface area contributed by atoms with Gasteiger partial charge in [-0.05, 0) is 43.3 Å². The molecule has 0 unspecified atom stereocenters. The van der Waals surface area contributed by atoms with Gasteiger partial charge in [-0.3, -0.25) is 14.2 Å². The maximum Gasteiger partial charge on any atom is 0.165 e. The molecule has 4 heterocycles. The van der Waals surface area contributed by atoms with Crippen molar-refractivity contribution in [1.82, 2.24) is 29.6 Å². The number of rotatable bonds is 3. The summed E-state index contributed by atoms with van der Waals surface area (Å²) in [5, 5.41) is 8.24. The Morgan fingerprint density at radius 2 is 1.83 bits per heavy atom. The first-order valence-electron chi connectivity index (χ1n) is 9.21. The Balaban J connectivity index is 0.00000120. The van der Waals surface area contributed by atoms with Crippen LogP contribution in [0.15, 0.2) is 67.1 Å². The first-order valence-corrected chi connectivity index (χ1v) is 9.21. The van der Waals surface area contributed by atoms with Gasteiger partial charge in [-0.1, -0.05) is 18.2 Å². The number of hydrogen-bond donors (Lipinski definition) is 1. The fraction of sp³-hybridized carbons (Fsp3) is 0.190. The average molecular weight is 429 g/mol. The quantitative estimate of drug-likeness (QED) is 0.532. The van der Waals surface area contributed by atoms with Gasteiger partial charge in [0.1, 0.15) is 5.69 Å². The van der Waals surface area contributed by atoms with E-state index in [1.165, 1.54) is 5.69 Å². The van der Waals surface area contributed by atoms with Crippen molar-refractivity contribution in [2.24, 2.45) is 0 Å². The van der Waals surface area contributed by atoms with Crippen LogP contribution in [-0.2, 0) is 13.1 Å². The zero-order valence-electron chi connectivity index (χ0n) is 15.7. The van der Waals surface area contributed by atoms with Crippen molar-refractivity contribution >= 4 is 24.8 Å². The van der Waals surface area contributed by atoms with Crippen LogP contribution in [0.2, 0.25) is 0 Å². The van der Waals surface area contributed by atoms with Crippen LogP contribution in [0.1, 0.15) is 12.1 Å². The number of hydrogen-bond acceptors (Lipinski definition) is 4. The highest BCUT2D eigenvalue weighted by Gasteiger charge is 2.16. The van der Waals surface area contributed by atoms with Gasteiger partial charge >= 0.3 is 0 Å². The van der Waals surface area contributed by atoms with Crippen molar-refractivity contribution in [2.45, 2.75) is 19.5 Å². The molecule has 0 atom stereocenters. The van der Waals surface area contributed by atoms with Crippen molar-refractivity contribution < 1.29 is 0 Å². The molecule has 1 aliphatic rings. The van der Waals surface area contributed by atoms with Crippen LogP contribution < -0.4 is 5.32 Å². The molecule has 0 fully saturated rings. The van der Waals surface area contributed by atoms with E-state index in [0.717, 1.165) is 54.5 Å². The summed E-state index contributed by atoms with van der Waals surface area (Å²) in [6, 6.07) is 16.4. The fourth-order valence-corrected chi connectivity index (χ4v) is 3.52. The average Bonchev–Trinajstić information content (AvgIpc) is 3.31. The molecule has 4 aromatic rings. The van der Waals surface area contributed by atoms with Gasteiger partial charge in [0.2, 0.25) is 0 Å². The number of nitrogens with zero attached hydrogens (tertiary/aromatic N) is 5. The minimum Gasteiger partial charge on any atom is -0.311 e. The van der Waals surface area contributed by atoms with Crippen LogP contribution in [0, 0.1) is 0 Å². The van der Waals surface area contributed by atoms with Crippen molar-refractivity contribution in [3.05, 3.63) is 72.8 Å². The zero-order valence-corrected chi connectivity index (χ0v) is 17.4. The van der Waals surface area contributed by atoms with Crippen molar-refractivity contribution in [2.75, 3.05) is 6.54 Å². The molecular weight excluding hydrogens is 407 g/mol. The lowest BCUT2D eigenvalue weighted by atomic mass is 10.1. The van der Waals surface area contributed by atoms with E-state index in [2.05, 4.69) is 54.9 Å². The van der Waals surface area contributed by atoms with Crippen LogP contribution in [-0.4, -0.2) is 30.9 Å². The molecule has 1 N–H and O–H groups in total. The molecule has 8 heteroatoms. The van der Waals surface area contributed by atoms with Gasteiger partial charge in [0.15, 0.2) is 5.82 Å². The summed E-state index contributed by atoms with van der Waals surface area (Å²) in [4.78, 5) is 9.04. The van der Waals surface area contributed by atoms with E-state index in [1.54, 1.807) is 0 Å². The largest absolute Gasteiger partial charge is 0.311 e. The SMILES string of the molecule is Cl.Cl.c1ccc(-c2cccc(-n3ccnc3-c3cc4n(n3)CCCNC4)c2)nc1. The zero-order chi connectivity index (χ0) is 18.1. The molecule has 0 radical (unpaired) electrons. The third kappa shape index (κ3) is 4.19.